The van der Waals surface area contributed by atoms with Crippen LogP contribution in [-0.4, -0.2) is 18.0 Å². The maximum absolute atomic E-state index is 12.2. The van der Waals surface area contributed by atoms with Crippen molar-refractivity contribution in [1.29, 1.82) is 0 Å². The van der Waals surface area contributed by atoms with Crippen LogP contribution in [0.2, 0.25) is 0 Å². The standard InChI is InChI=1S/C20H18N2O2S/c1-14-3-4-15(13-21-14)20(23)22-16-5-9-18(10-6-16)25-19-11-7-17(24-2)8-12-19/h3-13H,1-2H3,(H,22,23). The zero-order valence-corrected chi connectivity index (χ0v) is 14.8. The summed E-state index contributed by atoms with van der Waals surface area (Å²) in [7, 11) is 1.65. The van der Waals surface area contributed by atoms with Crippen LogP contribution in [0.1, 0.15) is 16.1 Å². The van der Waals surface area contributed by atoms with Crippen LogP contribution in [0, 0.1) is 6.92 Å². The molecule has 0 aliphatic heterocycles. The number of carbonyl (C=O) groups excluding carboxylic acids is 1. The van der Waals surface area contributed by atoms with Gasteiger partial charge in [-0.3, -0.25) is 9.78 Å². The molecule has 0 radical (unpaired) electrons. The lowest BCUT2D eigenvalue weighted by Crippen LogP contribution is -2.12. The first-order valence-electron chi connectivity index (χ1n) is 7.80. The number of methoxy groups -OCH3 is 1. The van der Waals surface area contributed by atoms with Gasteiger partial charge < -0.3 is 10.1 Å². The van der Waals surface area contributed by atoms with E-state index in [-0.39, 0.29) is 5.91 Å². The van der Waals surface area contributed by atoms with Crippen LogP contribution in [0.25, 0.3) is 0 Å². The van der Waals surface area contributed by atoms with Crippen LogP contribution in [0.4, 0.5) is 5.69 Å². The third-order valence-electron chi connectivity index (χ3n) is 3.58. The lowest BCUT2D eigenvalue weighted by atomic mass is 10.2. The van der Waals surface area contributed by atoms with Gasteiger partial charge in [-0.25, -0.2) is 0 Å². The minimum atomic E-state index is -0.164. The molecule has 0 saturated carbocycles. The Bertz CT molecular complexity index is 844. The average molecular weight is 350 g/mol. The molecule has 0 aliphatic rings. The highest BCUT2D eigenvalue weighted by atomic mass is 32.2. The molecule has 1 N–H and O–H groups in total. The fourth-order valence-corrected chi connectivity index (χ4v) is 3.01. The van der Waals surface area contributed by atoms with Crippen molar-refractivity contribution in [2.24, 2.45) is 0 Å². The van der Waals surface area contributed by atoms with Crippen molar-refractivity contribution in [2.75, 3.05) is 12.4 Å². The van der Waals surface area contributed by atoms with Gasteiger partial charge in [0.1, 0.15) is 5.75 Å². The summed E-state index contributed by atoms with van der Waals surface area (Å²) in [6.45, 7) is 1.89. The van der Waals surface area contributed by atoms with E-state index in [2.05, 4.69) is 10.3 Å². The quantitative estimate of drug-likeness (QED) is 0.718. The molecule has 1 amide bonds. The van der Waals surface area contributed by atoms with E-state index >= 15 is 0 Å². The molecule has 25 heavy (non-hydrogen) atoms. The monoisotopic (exact) mass is 350 g/mol. The van der Waals surface area contributed by atoms with E-state index in [0.717, 1.165) is 26.9 Å². The molecule has 2 aromatic carbocycles. The van der Waals surface area contributed by atoms with Gasteiger partial charge in [-0.05, 0) is 67.6 Å². The van der Waals surface area contributed by atoms with Gasteiger partial charge in [0.05, 0.1) is 12.7 Å². The summed E-state index contributed by atoms with van der Waals surface area (Å²) >= 11 is 1.65. The van der Waals surface area contributed by atoms with Gasteiger partial charge in [-0.2, -0.15) is 0 Å². The molecule has 4 nitrogen and oxygen atoms in total. The topological polar surface area (TPSA) is 51.2 Å². The third kappa shape index (κ3) is 4.61. The molecule has 0 saturated heterocycles. The van der Waals surface area contributed by atoms with E-state index in [1.165, 1.54) is 0 Å². The van der Waals surface area contributed by atoms with Gasteiger partial charge in [0.2, 0.25) is 0 Å². The summed E-state index contributed by atoms with van der Waals surface area (Å²) in [5.74, 6) is 0.677. The van der Waals surface area contributed by atoms with Crippen molar-refractivity contribution in [3.05, 3.63) is 78.1 Å². The fraction of sp³-hybridized carbons (Fsp3) is 0.100. The Morgan fingerprint density at radius 2 is 1.60 bits per heavy atom. The predicted octanol–water partition coefficient (Wildman–Crippen LogP) is 4.80. The number of aryl methyl sites for hydroxylation is 1. The first-order valence-corrected chi connectivity index (χ1v) is 8.62. The minimum absolute atomic E-state index is 0.164. The van der Waals surface area contributed by atoms with Gasteiger partial charge in [-0.1, -0.05) is 11.8 Å². The molecular weight excluding hydrogens is 332 g/mol. The number of carbonyl (C=O) groups is 1. The molecule has 5 heteroatoms. The van der Waals surface area contributed by atoms with E-state index < -0.39 is 0 Å². The van der Waals surface area contributed by atoms with E-state index in [1.54, 1.807) is 31.1 Å². The third-order valence-corrected chi connectivity index (χ3v) is 4.60. The molecule has 0 aliphatic carbocycles. The summed E-state index contributed by atoms with van der Waals surface area (Å²) in [6.07, 6.45) is 1.58. The number of amides is 1. The average Bonchev–Trinajstić information content (AvgIpc) is 2.64. The molecule has 1 heterocycles. The second kappa shape index (κ2) is 7.85. The number of benzene rings is 2. The highest BCUT2D eigenvalue weighted by Crippen LogP contribution is 2.29. The van der Waals surface area contributed by atoms with Crippen molar-refractivity contribution in [3.8, 4) is 5.75 Å². The second-order valence-corrected chi connectivity index (χ2v) is 6.59. The van der Waals surface area contributed by atoms with Gasteiger partial charge >= 0.3 is 0 Å². The first kappa shape index (κ1) is 17.0. The van der Waals surface area contributed by atoms with Crippen LogP contribution in [-0.2, 0) is 0 Å². The van der Waals surface area contributed by atoms with Crippen molar-refractivity contribution in [2.45, 2.75) is 16.7 Å². The summed E-state index contributed by atoms with van der Waals surface area (Å²) in [4.78, 5) is 18.6. The zero-order valence-electron chi connectivity index (χ0n) is 14.0. The van der Waals surface area contributed by atoms with Crippen LogP contribution in [0.3, 0.4) is 0 Å². The number of hydrogen-bond donors (Lipinski definition) is 1. The molecule has 0 atom stereocenters. The maximum Gasteiger partial charge on any atom is 0.257 e. The Morgan fingerprint density at radius 1 is 0.960 bits per heavy atom. The molecule has 126 valence electrons. The number of anilines is 1. The molecular formula is C20H18N2O2S. The predicted molar refractivity (Wildman–Crippen MR) is 100 cm³/mol. The lowest BCUT2D eigenvalue weighted by Gasteiger charge is -2.07. The lowest BCUT2D eigenvalue weighted by molar-refractivity contribution is 0.102. The number of nitrogens with zero attached hydrogens (tertiary/aromatic N) is 1. The largest absolute Gasteiger partial charge is 0.497 e. The van der Waals surface area contributed by atoms with Gasteiger partial charge in [0.15, 0.2) is 0 Å². The number of ether oxygens (including phenoxy) is 1. The summed E-state index contributed by atoms with van der Waals surface area (Å²) < 4.78 is 5.16. The molecule has 0 unspecified atom stereocenters. The fourth-order valence-electron chi connectivity index (χ4n) is 2.19. The highest BCUT2D eigenvalue weighted by Gasteiger charge is 2.06. The van der Waals surface area contributed by atoms with E-state index in [0.29, 0.717) is 5.56 Å². The number of hydrogen-bond acceptors (Lipinski definition) is 4. The number of pyridine rings is 1. The SMILES string of the molecule is COc1ccc(Sc2ccc(NC(=O)c3ccc(C)nc3)cc2)cc1. The zero-order chi connectivity index (χ0) is 17.6. The normalized spacial score (nSPS) is 10.3. The molecule has 3 aromatic rings. The van der Waals surface area contributed by atoms with E-state index in [4.69, 9.17) is 4.74 Å². The molecule has 0 fully saturated rings. The number of nitrogens with one attached hydrogen (secondary N) is 1. The van der Waals surface area contributed by atoms with Crippen molar-refractivity contribution in [3.63, 3.8) is 0 Å². The van der Waals surface area contributed by atoms with Crippen LogP contribution >= 0.6 is 11.8 Å². The van der Waals surface area contributed by atoms with Crippen molar-refractivity contribution >= 4 is 23.4 Å². The Balaban J connectivity index is 1.63. The number of rotatable bonds is 5. The molecule has 0 bridgehead atoms. The Labute approximate surface area is 151 Å². The maximum atomic E-state index is 12.2. The van der Waals surface area contributed by atoms with E-state index in [9.17, 15) is 4.79 Å². The number of aromatic nitrogens is 1. The summed E-state index contributed by atoms with van der Waals surface area (Å²) in [5, 5.41) is 2.88. The Kier molecular flexibility index (Phi) is 5.36. The van der Waals surface area contributed by atoms with Crippen LogP contribution in [0.15, 0.2) is 76.7 Å². The van der Waals surface area contributed by atoms with Crippen LogP contribution < -0.4 is 10.1 Å². The highest BCUT2D eigenvalue weighted by molar-refractivity contribution is 7.99. The van der Waals surface area contributed by atoms with Gasteiger partial charge in [0.25, 0.3) is 5.91 Å². The summed E-state index contributed by atoms with van der Waals surface area (Å²) in [5.41, 5.74) is 2.18. The Hall–Kier alpha value is -2.79. The van der Waals surface area contributed by atoms with Crippen molar-refractivity contribution < 1.29 is 9.53 Å². The van der Waals surface area contributed by atoms with E-state index in [1.807, 2.05) is 61.5 Å². The van der Waals surface area contributed by atoms with Crippen molar-refractivity contribution in [1.82, 2.24) is 4.98 Å². The first-order chi connectivity index (χ1) is 12.1. The Morgan fingerprint density at radius 3 is 2.16 bits per heavy atom. The van der Waals surface area contributed by atoms with Gasteiger partial charge in [-0.15, -0.1) is 0 Å². The summed E-state index contributed by atoms with van der Waals surface area (Å²) in [6, 6.07) is 19.3. The molecule has 1 aromatic heterocycles. The molecule has 3 rings (SSSR count). The molecule has 0 spiro atoms. The van der Waals surface area contributed by atoms with Crippen LogP contribution in [0.5, 0.6) is 5.75 Å². The minimum Gasteiger partial charge on any atom is -0.497 e. The van der Waals surface area contributed by atoms with Gasteiger partial charge in [0, 0.05) is 27.4 Å². The second-order valence-electron chi connectivity index (χ2n) is 5.44. The smallest absolute Gasteiger partial charge is 0.257 e.